The first kappa shape index (κ1) is 20.4. The van der Waals surface area contributed by atoms with E-state index in [0.717, 1.165) is 42.8 Å². The lowest BCUT2D eigenvalue weighted by molar-refractivity contribution is -0.127. The third-order valence-electron chi connectivity index (χ3n) is 4.26. The van der Waals surface area contributed by atoms with Crippen LogP contribution in [0.15, 0.2) is 70.8 Å². The number of nitrogens with zero attached hydrogens (tertiary/aromatic N) is 2. The Labute approximate surface area is 165 Å². The zero-order chi connectivity index (χ0) is 18.8. The lowest BCUT2D eigenvalue weighted by Gasteiger charge is -2.34. The van der Waals surface area contributed by atoms with Gasteiger partial charge in [0.15, 0.2) is 0 Å². The molecule has 0 saturated carbocycles. The van der Waals surface area contributed by atoms with Crippen LogP contribution in [-0.4, -0.2) is 48.4 Å². The molecule has 0 bridgehead atoms. The van der Waals surface area contributed by atoms with E-state index in [0.29, 0.717) is 0 Å². The Morgan fingerprint density at radius 2 is 1.73 bits per heavy atom. The van der Waals surface area contributed by atoms with Crippen molar-refractivity contribution in [3.63, 3.8) is 0 Å². The lowest BCUT2D eigenvalue weighted by Crippen LogP contribution is -2.48. The second-order valence-electron chi connectivity index (χ2n) is 6.25. The Morgan fingerprint density at radius 1 is 1.04 bits per heavy atom. The summed E-state index contributed by atoms with van der Waals surface area (Å²) < 4.78 is 1.04. The van der Waals surface area contributed by atoms with Crippen molar-refractivity contribution in [1.82, 2.24) is 9.80 Å². The minimum absolute atomic E-state index is 0.0886. The topological polar surface area (TPSA) is 23.6 Å². The number of allylic oxidation sites excluding steroid dienone is 4. The summed E-state index contributed by atoms with van der Waals surface area (Å²) in [5, 5.41) is 0. The van der Waals surface area contributed by atoms with Crippen LogP contribution in [0, 0.1) is 0 Å². The molecular weight excluding hydrogens is 388 g/mol. The van der Waals surface area contributed by atoms with Gasteiger partial charge in [0.1, 0.15) is 0 Å². The number of hydrogen-bond acceptors (Lipinski definition) is 2. The summed E-state index contributed by atoms with van der Waals surface area (Å²) in [6.45, 7) is 8.34. The monoisotopic (exact) mass is 414 g/mol. The zero-order valence-corrected chi connectivity index (χ0v) is 17.2. The summed E-state index contributed by atoms with van der Waals surface area (Å²) in [5.74, 6) is 0.0886. The molecule has 3 nitrogen and oxygen atoms in total. The molecule has 2 rings (SSSR count). The van der Waals surface area contributed by atoms with E-state index in [1.807, 2.05) is 55.2 Å². The van der Waals surface area contributed by atoms with Crippen molar-refractivity contribution in [2.75, 3.05) is 32.7 Å². The van der Waals surface area contributed by atoms with Crippen LogP contribution in [0.3, 0.4) is 0 Å². The van der Waals surface area contributed by atoms with Gasteiger partial charge in [-0.25, -0.2) is 0 Å². The number of hydrogen-bond donors (Lipinski definition) is 0. The first-order valence-electron chi connectivity index (χ1n) is 9.02. The second-order valence-corrected chi connectivity index (χ2v) is 7.17. The summed E-state index contributed by atoms with van der Waals surface area (Å²) in [4.78, 5) is 16.7. The van der Waals surface area contributed by atoms with Gasteiger partial charge in [-0.15, -0.1) is 0 Å². The van der Waals surface area contributed by atoms with Crippen LogP contribution in [-0.2, 0) is 4.79 Å². The Hall–Kier alpha value is -1.91. The lowest BCUT2D eigenvalue weighted by atomic mass is 10.2. The fourth-order valence-corrected chi connectivity index (χ4v) is 3.09. The maximum absolute atomic E-state index is 12.4. The van der Waals surface area contributed by atoms with E-state index in [2.05, 4.69) is 45.1 Å². The van der Waals surface area contributed by atoms with Gasteiger partial charge >= 0.3 is 0 Å². The molecule has 0 atom stereocenters. The SMILES string of the molecule is C\C=C/C(=C\C=C\C)CN1CCN(C(=O)/C=C/c2ccc(Br)cc2)CC1. The maximum Gasteiger partial charge on any atom is 0.246 e. The zero-order valence-electron chi connectivity index (χ0n) is 15.6. The summed E-state index contributed by atoms with van der Waals surface area (Å²) in [5.41, 5.74) is 2.32. The van der Waals surface area contributed by atoms with Gasteiger partial charge in [-0.1, -0.05) is 58.4 Å². The number of benzene rings is 1. The second kappa shape index (κ2) is 10.9. The number of piperazine rings is 1. The maximum atomic E-state index is 12.4. The van der Waals surface area contributed by atoms with Gasteiger partial charge in [-0.3, -0.25) is 9.69 Å². The number of amides is 1. The van der Waals surface area contributed by atoms with Crippen molar-refractivity contribution in [3.8, 4) is 0 Å². The summed E-state index contributed by atoms with van der Waals surface area (Å²) in [6.07, 6.45) is 14.0. The Balaban J connectivity index is 1.85. The van der Waals surface area contributed by atoms with E-state index in [1.165, 1.54) is 5.57 Å². The fourth-order valence-electron chi connectivity index (χ4n) is 2.83. The van der Waals surface area contributed by atoms with E-state index in [-0.39, 0.29) is 5.91 Å². The van der Waals surface area contributed by atoms with Crippen LogP contribution in [0.25, 0.3) is 6.08 Å². The van der Waals surface area contributed by atoms with Gasteiger partial charge in [0, 0.05) is 43.3 Å². The van der Waals surface area contributed by atoms with E-state index in [4.69, 9.17) is 0 Å². The van der Waals surface area contributed by atoms with Crippen LogP contribution in [0.1, 0.15) is 19.4 Å². The van der Waals surface area contributed by atoms with E-state index >= 15 is 0 Å². The highest BCUT2D eigenvalue weighted by Gasteiger charge is 2.19. The molecule has 138 valence electrons. The minimum Gasteiger partial charge on any atom is -0.337 e. The molecule has 0 aromatic heterocycles. The van der Waals surface area contributed by atoms with Gasteiger partial charge < -0.3 is 4.90 Å². The predicted molar refractivity (Wildman–Crippen MR) is 114 cm³/mol. The Kier molecular flexibility index (Phi) is 8.59. The number of carbonyl (C=O) groups excluding carboxylic acids is 1. The summed E-state index contributed by atoms with van der Waals surface area (Å²) >= 11 is 3.42. The quantitative estimate of drug-likeness (QED) is 0.497. The number of carbonyl (C=O) groups is 1. The molecule has 1 aromatic rings. The van der Waals surface area contributed by atoms with Gasteiger partial charge in [-0.05, 0) is 43.2 Å². The molecule has 1 aliphatic heterocycles. The number of rotatable bonds is 6. The molecule has 0 N–H and O–H groups in total. The molecule has 0 spiro atoms. The summed E-state index contributed by atoms with van der Waals surface area (Å²) in [7, 11) is 0. The molecule has 1 heterocycles. The van der Waals surface area contributed by atoms with Crippen LogP contribution in [0.5, 0.6) is 0 Å². The normalized spacial score (nSPS) is 17.0. The Morgan fingerprint density at radius 3 is 2.35 bits per heavy atom. The smallest absolute Gasteiger partial charge is 0.246 e. The van der Waals surface area contributed by atoms with Crippen LogP contribution < -0.4 is 0 Å². The molecule has 26 heavy (non-hydrogen) atoms. The average molecular weight is 415 g/mol. The molecule has 1 amide bonds. The molecule has 1 saturated heterocycles. The van der Waals surface area contributed by atoms with Crippen LogP contribution in [0.4, 0.5) is 0 Å². The molecule has 0 radical (unpaired) electrons. The van der Waals surface area contributed by atoms with Crippen molar-refractivity contribution >= 4 is 27.9 Å². The molecule has 1 aliphatic rings. The average Bonchev–Trinajstić information content (AvgIpc) is 2.66. The highest BCUT2D eigenvalue weighted by Crippen LogP contribution is 2.12. The van der Waals surface area contributed by atoms with E-state index in [9.17, 15) is 4.79 Å². The van der Waals surface area contributed by atoms with Crippen molar-refractivity contribution in [3.05, 3.63) is 76.3 Å². The first-order valence-corrected chi connectivity index (χ1v) is 9.81. The Bertz CT molecular complexity index is 693. The summed E-state index contributed by atoms with van der Waals surface area (Å²) in [6, 6.07) is 7.94. The largest absolute Gasteiger partial charge is 0.337 e. The standard InChI is InChI=1S/C22H27BrN2O/c1-3-5-7-20(6-4-2)18-24-14-16-25(17-15-24)22(26)13-10-19-8-11-21(23)12-9-19/h3-13H,14-18H2,1-2H3/b5-3+,6-4-,13-10+,20-7+. The van der Waals surface area contributed by atoms with Gasteiger partial charge in [0.25, 0.3) is 0 Å². The van der Waals surface area contributed by atoms with Gasteiger partial charge in [0.05, 0.1) is 0 Å². The molecule has 4 heteroatoms. The van der Waals surface area contributed by atoms with Crippen molar-refractivity contribution in [1.29, 1.82) is 0 Å². The highest BCUT2D eigenvalue weighted by molar-refractivity contribution is 9.10. The van der Waals surface area contributed by atoms with Crippen LogP contribution >= 0.6 is 15.9 Å². The third-order valence-corrected chi connectivity index (χ3v) is 4.79. The molecular formula is C22H27BrN2O. The van der Waals surface area contributed by atoms with Crippen molar-refractivity contribution in [2.24, 2.45) is 0 Å². The molecule has 0 unspecified atom stereocenters. The molecule has 0 aliphatic carbocycles. The number of halogens is 1. The molecule has 1 fully saturated rings. The van der Waals surface area contributed by atoms with E-state index < -0.39 is 0 Å². The van der Waals surface area contributed by atoms with Crippen LogP contribution in [0.2, 0.25) is 0 Å². The van der Waals surface area contributed by atoms with Gasteiger partial charge in [0.2, 0.25) is 5.91 Å². The van der Waals surface area contributed by atoms with E-state index in [1.54, 1.807) is 6.08 Å². The van der Waals surface area contributed by atoms with Crippen molar-refractivity contribution in [2.45, 2.75) is 13.8 Å². The van der Waals surface area contributed by atoms with Crippen molar-refractivity contribution < 1.29 is 4.79 Å². The predicted octanol–water partition coefficient (Wildman–Crippen LogP) is 4.69. The molecule has 1 aromatic carbocycles. The highest BCUT2D eigenvalue weighted by atomic mass is 79.9. The first-order chi connectivity index (χ1) is 12.6. The third kappa shape index (κ3) is 6.77. The minimum atomic E-state index is 0.0886. The van der Waals surface area contributed by atoms with Gasteiger partial charge in [-0.2, -0.15) is 0 Å². The fraction of sp³-hybridized carbons (Fsp3) is 0.318.